The maximum absolute atomic E-state index is 13.0. The van der Waals surface area contributed by atoms with Gasteiger partial charge in [-0.25, -0.2) is 22.4 Å². The minimum Gasteiger partial charge on any atom is -0.479 e. The zero-order chi connectivity index (χ0) is 12.5. The molecule has 0 fully saturated rings. The van der Waals surface area contributed by atoms with Crippen LogP contribution >= 0.6 is 0 Å². The summed E-state index contributed by atoms with van der Waals surface area (Å²) in [6.07, 6.45) is -5.74. The van der Waals surface area contributed by atoms with E-state index in [1.54, 1.807) is 0 Å². The van der Waals surface area contributed by atoms with Gasteiger partial charge in [0.25, 0.3) is 6.43 Å². The van der Waals surface area contributed by atoms with Crippen LogP contribution in [-0.2, 0) is 4.79 Å². The highest BCUT2D eigenvalue weighted by atomic mass is 19.3. The quantitative estimate of drug-likeness (QED) is 0.792. The number of carboxylic acids is 1. The minimum absolute atomic E-state index is 0.475. The van der Waals surface area contributed by atoms with Crippen LogP contribution in [0, 0.1) is 11.6 Å². The van der Waals surface area contributed by atoms with Crippen LogP contribution in [0.15, 0.2) is 12.1 Å². The maximum atomic E-state index is 13.0. The molecule has 16 heavy (non-hydrogen) atoms. The van der Waals surface area contributed by atoms with Gasteiger partial charge in [0, 0.05) is 5.56 Å². The largest absolute Gasteiger partial charge is 0.479 e. The fourth-order valence-corrected chi connectivity index (χ4v) is 1.17. The van der Waals surface area contributed by atoms with Crippen LogP contribution < -0.4 is 0 Å². The second-order valence-electron chi connectivity index (χ2n) is 2.91. The molecule has 0 saturated heterocycles. The molecule has 0 aromatic heterocycles. The summed E-state index contributed by atoms with van der Waals surface area (Å²) in [4.78, 5) is 10.4. The van der Waals surface area contributed by atoms with Gasteiger partial charge in [-0.3, -0.25) is 0 Å². The normalized spacial score (nSPS) is 12.9. The molecule has 1 atom stereocenters. The Kier molecular flexibility index (Phi) is 3.48. The molecule has 1 unspecified atom stereocenters. The zero-order valence-corrected chi connectivity index (χ0v) is 7.62. The number of hydrogen-bond acceptors (Lipinski definition) is 2. The number of hydrogen-bond donors (Lipinski definition) is 2. The van der Waals surface area contributed by atoms with Crippen molar-refractivity contribution in [3.05, 3.63) is 34.9 Å². The molecule has 0 aliphatic rings. The molecule has 1 aromatic rings. The average molecular weight is 238 g/mol. The highest BCUT2D eigenvalue weighted by Gasteiger charge is 2.28. The van der Waals surface area contributed by atoms with E-state index in [0.717, 1.165) is 0 Å². The molecule has 88 valence electrons. The summed E-state index contributed by atoms with van der Waals surface area (Å²) >= 11 is 0. The zero-order valence-electron chi connectivity index (χ0n) is 7.62. The Morgan fingerprint density at radius 2 is 1.81 bits per heavy atom. The van der Waals surface area contributed by atoms with Crippen LogP contribution in [0.25, 0.3) is 0 Å². The van der Waals surface area contributed by atoms with Crippen molar-refractivity contribution in [1.82, 2.24) is 0 Å². The summed E-state index contributed by atoms with van der Waals surface area (Å²) in [5.74, 6) is -5.21. The van der Waals surface area contributed by atoms with Gasteiger partial charge in [0.05, 0.1) is 5.56 Å². The molecule has 0 radical (unpaired) electrons. The Labute approximate surface area is 86.9 Å². The molecule has 2 N–H and O–H groups in total. The molecule has 7 heteroatoms. The lowest BCUT2D eigenvalue weighted by Gasteiger charge is -2.12. The number of alkyl halides is 2. The average Bonchev–Trinajstić information content (AvgIpc) is 2.20. The fourth-order valence-electron chi connectivity index (χ4n) is 1.17. The topological polar surface area (TPSA) is 57.5 Å². The molecule has 1 aromatic carbocycles. The summed E-state index contributed by atoms with van der Waals surface area (Å²) in [6, 6.07) is 1.08. The third kappa shape index (κ3) is 2.13. The monoisotopic (exact) mass is 238 g/mol. The van der Waals surface area contributed by atoms with Crippen molar-refractivity contribution in [2.75, 3.05) is 0 Å². The van der Waals surface area contributed by atoms with Gasteiger partial charge in [-0.2, -0.15) is 0 Å². The first-order valence-electron chi connectivity index (χ1n) is 4.03. The molecular weight excluding hydrogens is 232 g/mol. The number of carbonyl (C=O) groups is 1. The van der Waals surface area contributed by atoms with Gasteiger partial charge < -0.3 is 10.2 Å². The number of halogens is 4. The van der Waals surface area contributed by atoms with Crippen molar-refractivity contribution in [3.8, 4) is 0 Å². The van der Waals surface area contributed by atoms with Crippen LogP contribution in [0.2, 0.25) is 0 Å². The molecule has 3 nitrogen and oxygen atoms in total. The number of carboxylic acid groups (broad SMARTS) is 1. The lowest BCUT2D eigenvalue weighted by molar-refractivity contribution is -0.147. The molecule has 1 rings (SSSR count). The number of aliphatic hydroxyl groups is 1. The standard InChI is InChI=1S/C9H6F4O3/c10-4-2-1-3(7(14)9(15)16)5(6(4)11)8(12)13/h1-2,7-8,14H,(H,15,16). The molecule has 0 bridgehead atoms. The van der Waals surface area contributed by atoms with Crippen LogP contribution in [0.3, 0.4) is 0 Å². The lowest BCUT2D eigenvalue weighted by atomic mass is 10.0. The van der Waals surface area contributed by atoms with Crippen molar-refractivity contribution in [2.24, 2.45) is 0 Å². The minimum atomic E-state index is -3.42. The number of benzene rings is 1. The second kappa shape index (κ2) is 4.48. The first kappa shape index (κ1) is 12.4. The smallest absolute Gasteiger partial charge is 0.337 e. The molecule has 0 aliphatic heterocycles. The Morgan fingerprint density at radius 3 is 2.25 bits per heavy atom. The highest BCUT2D eigenvalue weighted by molar-refractivity contribution is 5.74. The first-order chi connectivity index (χ1) is 7.36. The third-order valence-electron chi connectivity index (χ3n) is 1.91. The van der Waals surface area contributed by atoms with Gasteiger partial charge in [0.1, 0.15) is 0 Å². The van der Waals surface area contributed by atoms with Gasteiger partial charge in [0.2, 0.25) is 0 Å². The first-order valence-corrected chi connectivity index (χ1v) is 4.03. The Bertz CT molecular complexity index is 419. The molecular formula is C9H6F4O3. The summed E-state index contributed by atoms with van der Waals surface area (Å²) in [6.45, 7) is 0. The van der Waals surface area contributed by atoms with Gasteiger partial charge in [-0.15, -0.1) is 0 Å². The van der Waals surface area contributed by atoms with Gasteiger partial charge in [-0.1, -0.05) is 6.07 Å². The third-order valence-corrected chi connectivity index (χ3v) is 1.91. The molecule has 0 amide bonds. The number of aliphatic carboxylic acids is 1. The summed E-state index contributed by atoms with van der Waals surface area (Å²) in [5.41, 5.74) is -2.30. The summed E-state index contributed by atoms with van der Waals surface area (Å²) in [5, 5.41) is 17.4. The van der Waals surface area contributed by atoms with E-state index in [0.29, 0.717) is 12.1 Å². The molecule has 0 heterocycles. The number of rotatable bonds is 3. The predicted molar refractivity (Wildman–Crippen MR) is 43.9 cm³/mol. The van der Waals surface area contributed by atoms with E-state index in [4.69, 9.17) is 10.2 Å². The maximum Gasteiger partial charge on any atom is 0.337 e. The van der Waals surface area contributed by atoms with Crippen molar-refractivity contribution >= 4 is 5.97 Å². The Balaban J connectivity index is 3.40. The van der Waals surface area contributed by atoms with Crippen LogP contribution in [0.4, 0.5) is 17.6 Å². The van der Waals surface area contributed by atoms with E-state index in [1.807, 2.05) is 0 Å². The van der Waals surface area contributed by atoms with E-state index in [-0.39, 0.29) is 0 Å². The summed E-state index contributed by atoms with van der Waals surface area (Å²) in [7, 11) is 0. The Morgan fingerprint density at radius 1 is 1.25 bits per heavy atom. The second-order valence-corrected chi connectivity index (χ2v) is 2.91. The van der Waals surface area contributed by atoms with Crippen LogP contribution in [0.1, 0.15) is 23.7 Å². The van der Waals surface area contributed by atoms with Crippen LogP contribution in [0.5, 0.6) is 0 Å². The highest BCUT2D eigenvalue weighted by Crippen LogP contribution is 2.31. The van der Waals surface area contributed by atoms with Gasteiger partial charge in [0.15, 0.2) is 17.7 Å². The van der Waals surface area contributed by atoms with E-state index in [1.165, 1.54) is 0 Å². The summed E-state index contributed by atoms with van der Waals surface area (Å²) < 4.78 is 50.4. The fraction of sp³-hybridized carbons (Fsp3) is 0.222. The predicted octanol–water partition coefficient (Wildman–Crippen LogP) is 2.02. The van der Waals surface area contributed by atoms with Crippen molar-refractivity contribution in [1.29, 1.82) is 0 Å². The van der Waals surface area contributed by atoms with E-state index in [9.17, 15) is 22.4 Å². The van der Waals surface area contributed by atoms with Crippen LogP contribution in [-0.4, -0.2) is 16.2 Å². The van der Waals surface area contributed by atoms with E-state index in [2.05, 4.69) is 0 Å². The van der Waals surface area contributed by atoms with E-state index < -0.39 is 41.3 Å². The van der Waals surface area contributed by atoms with Gasteiger partial charge >= 0.3 is 5.97 Å². The van der Waals surface area contributed by atoms with Gasteiger partial charge in [-0.05, 0) is 6.07 Å². The van der Waals surface area contributed by atoms with Crippen molar-refractivity contribution < 1.29 is 32.6 Å². The lowest BCUT2D eigenvalue weighted by Crippen LogP contribution is -2.14. The van der Waals surface area contributed by atoms with Crippen molar-refractivity contribution in [2.45, 2.75) is 12.5 Å². The van der Waals surface area contributed by atoms with Crippen molar-refractivity contribution in [3.63, 3.8) is 0 Å². The molecule has 0 aliphatic carbocycles. The molecule has 0 spiro atoms. The Hall–Kier alpha value is -1.63. The SMILES string of the molecule is O=C(O)C(O)c1ccc(F)c(F)c1C(F)F. The van der Waals surface area contributed by atoms with E-state index >= 15 is 0 Å². The molecule has 0 saturated carbocycles. The number of aliphatic hydroxyl groups excluding tert-OH is 1.